The van der Waals surface area contributed by atoms with Gasteiger partial charge in [0.25, 0.3) is 5.56 Å². The fourth-order valence-corrected chi connectivity index (χ4v) is 3.30. The minimum atomic E-state index is -4.71. The van der Waals surface area contributed by atoms with Gasteiger partial charge in [-0.3, -0.25) is 4.79 Å². The standard InChI is InChI=1S/C23H20F4N2O5/c1-3-33-16-10-14(9-15(24)11-16)19-20(30)18(22(32)34-4-2)21(31)29(28-19)12-13-7-5-6-8-17(13)23(25,26)27/h5-11,30H,3-4,12H2,1-2H3. The summed E-state index contributed by atoms with van der Waals surface area (Å²) in [5.41, 5.74) is -3.78. The lowest BCUT2D eigenvalue weighted by Crippen LogP contribution is -2.31. The number of ether oxygens (including phenoxy) is 2. The molecule has 0 radical (unpaired) electrons. The van der Waals surface area contributed by atoms with Crippen LogP contribution in [0.5, 0.6) is 11.5 Å². The topological polar surface area (TPSA) is 90.7 Å². The van der Waals surface area contributed by atoms with Gasteiger partial charge >= 0.3 is 12.1 Å². The summed E-state index contributed by atoms with van der Waals surface area (Å²) in [7, 11) is 0. The Balaban J connectivity index is 2.26. The lowest BCUT2D eigenvalue weighted by atomic mass is 10.1. The molecule has 1 aromatic heterocycles. The van der Waals surface area contributed by atoms with E-state index in [0.717, 1.165) is 24.3 Å². The average Bonchev–Trinajstić information content (AvgIpc) is 2.75. The molecule has 3 aromatic rings. The van der Waals surface area contributed by atoms with Crippen LogP contribution >= 0.6 is 0 Å². The summed E-state index contributed by atoms with van der Waals surface area (Å²) in [4.78, 5) is 25.4. The molecule has 0 unspecified atom stereocenters. The zero-order valence-corrected chi connectivity index (χ0v) is 18.1. The van der Waals surface area contributed by atoms with Gasteiger partial charge in [-0.2, -0.15) is 18.3 Å². The molecular weight excluding hydrogens is 460 g/mol. The molecule has 0 saturated heterocycles. The Hall–Kier alpha value is -3.89. The highest BCUT2D eigenvalue weighted by molar-refractivity contribution is 5.94. The zero-order valence-electron chi connectivity index (χ0n) is 18.1. The van der Waals surface area contributed by atoms with Gasteiger partial charge in [0.05, 0.1) is 25.3 Å². The molecule has 0 aliphatic rings. The molecule has 2 aromatic carbocycles. The van der Waals surface area contributed by atoms with E-state index in [4.69, 9.17) is 9.47 Å². The molecule has 0 spiro atoms. The van der Waals surface area contributed by atoms with Crippen molar-refractivity contribution in [3.8, 4) is 22.8 Å². The fraction of sp³-hybridized carbons (Fsp3) is 0.261. The zero-order chi connectivity index (χ0) is 25.0. The number of esters is 1. The first kappa shape index (κ1) is 24.7. The summed E-state index contributed by atoms with van der Waals surface area (Å²) < 4.78 is 65.2. The normalized spacial score (nSPS) is 11.4. The molecule has 3 rings (SSSR count). The van der Waals surface area contributed by atoms with E-state index >= 15 is 0 Å². The largest absolute Gasteiger partial charge is 0.505 e. The first-order chi connectivity index (χ1) is 16.1. The van der Waals surface area contributed by atoms with Gasteiger partial charge in [0.2, 0.25) is 0 Å². The van der Waals surface area contributed by atoms with Gasteiger partial charge in [-0.05, 0) is 37.6 Å². The maximum absolute atomic E-state index is 14.2. The highest BCUT2D eigenvalue weighted by Crippen LogP contribution is 2.34. The molecule has 0 atom stereocenters. The van der Waals surface area contributed by atoms with Crippen LogP contribution in [0, 0.1) is 5.82 Å². The number of aromatic nitrogens is 2. The smallest absolute Gasteiger partial charge is 0.416 e. The highest BCUT2D eigenvalue weighted by Gasteiger charge is 2.33. The van der Waals surface area contributed by atoms with Crippen molar-refractivity contribution in [1.82, 2.24) is 9.78 Å². The van der Waals surface area contributed by atoms with E-state index in [-0.39, 0.29) is 30.1 Å². The number of carbonyl (C=O) groups excluding carboxylic acids is 1. The SMILES string of the molecule is CCOC(=O)c1c(O)c(-c2cc(F)cc(OCC)c2)nn(Cc2ccccc2C(F)(F)F)c1=O. The molecule has 0 saturated carbocycles. The summed E-state index contributed by atoms with van der Waals surface area (Å²) in [5.74, 6) is -2.78. The number of aromatic hydroxyl groups is 1. The predicted octanol–water partition coefficient (Wildman–Crippen LogP) is 4.40. The van der Waals surface area contributed by atoms with Gasteiger partial charge in [0.15, 0.2) is 11.3 Å². The van der Waals surface area contributed by atoms with Crippen molar-refractivity contribution in [2.45, 2.75) is 26.6 Å². The molecule has 1 heterocycles. The van der Waals surface area contributed by atoms with Crippen LogP contribution in [0.3, 0.4) is 0 Å². The van der Waals surface area contributed by atoms with Crippen LogP contribution in [0.2, 0.25) is 0 Å². The minimum Gasteiger partial charge on any atom is -0.505 e. The second-order valence-corrected chi connectivity index (χ2v) is 7.02. The third-order valence-corrected chi connectivity index (χ3v) is 4.71. The van der Waals surface area contributed by atoms with Crippen LogP contribution in [0.4, 0.5) is 17.6 Å². The van der Waals surface area contributed by atoms with Crippen molar-refractivity contribution in [2.75, 3.05) is 13.2 Å². The van der Waals surface area contributed by atoms with E-state index in [1.54, 1.807) is 6.92 Å². The molecule has 0 amide bonds. The van der Waals surface area contributed by atoms with Crippen LogP contribution in [0.15, 0.2) is 47.3 Å². The third kappa shape index (κ3) is 5.19. The minimum absolute atomic E-state index is 0.0654. The van der Waals surface area contributed by atoms with Crippen molar-refractivity contribution in [2.24, 2.45) is 0 Å². The van der Waals surface area contributed by atoms with Crippen LogP contribution in [0.1, 0.15) is 35.3 Å². The molecule has 0 bridgehead atoms. The highest BCUT2D eigenvalue weighted by atomic mass is 19.4. The summed E-state index contributed by atoms with van der Waals surface area (Å²) in [6.07, 6.45) is -4.71. The molecule has 11 heteroatoms. The number of halogens is 4. The van der Waals surface area contributed by atoms with Crippen LogP contribution < -0.4 is 10.3 Å². The number of nitrogens with zero attached hydrogens (tertiary/aromatic N) is 2. The maximum atomic E-state index is 14.2. The van der Waals surface area contributed by atoms with E-state index in [2.05, 4.69) is 5.10 Å². The van der Waals surface area contributed by atoms with Gasteiger partial charge in [-0.25, -0.2) is 13.9 Å². The maximum Gasteiger partial charge on any atom is 0.416 e. The molecule has 0 aliphatic carbocycles. The Labute approximate surface area is 191 Å². The van der Waals surface area contributed by atoms with Gasteiger partial charge < -0.3 is 14.6 Å². The van der Waals surface area contributed by atoms with Crippen LogP contribution in [-0.2, 0) is 17.5 Å². The predicted molar refractivity (Wildman–Crippen MR) is 113 cm³/mol. The number of hydrogen-bond acceptors (Lipinski definition) is 6. The summed E-state index contributed by atoms with van der Waals surface area (Å²) in [6, 6.07) is 7.89. The molecule has 1 N–H and O–H groups in total. The molecule has 180 valence electrons. The van der Waals surface area contributed by atoms with Crippen LogP contribution in [0.25, 0.3) is 11.3 Å². The molecular formula is C23H20F4N2O5. The third-order valence-electron chi connectivity index (χ3n) is 4.71. The summed E-state index contributed by atoms with van der Waals surface area (Å²) >= 11 is 0. The lowest BCUT2D eigenvalue weighted by molar-refractivity contribution is -0.138. The van der Waals surface area contributed by atoms with Gasteiger partial charge in [0, 0.05) is 11.6 Å². The second-order valence-electron chi connectivity index (χ2n) is 7.02. The van der Waals surface area contributed by atoms with Crippen molar-refractivity contribution < 1.29 is 36.9 Å². The Kier molecular flexibility index (Phi) is 7.23. The van der Waals surface area contributed by atoms with E-state index < -0.39 is 52.6 Å². The molecule has 34 heavy (non-hydrogen) atoms. The summed E-state index contributed by atoms with van der Waals surface area (Å²) in [5, 5.41) is 14.6. The van der Waals surface area contributed by atoms with Crippen molar-refractivity contribution >= 4 is 5.97 Å². The van der Waals surface area contributed by atoms with Crippen LogP contribution in [-0.4, -0.2) is 34.1 Å². The Bertz CT molecular complexity index is 1270. The van der Waals surface area contributed by atoms with Gasteiger partial charge in [0.1, 0.15) is 17.3 Å². The lowest BCUT2D eigenvalue weighted by Gasteiger charge is -2.16. The monoisotopic (exact) mass is 480 g/mol. The number of rotatable bonds is 7. The van der Waals surface area contributed by atoms with Crippen molar-refractivity contribution in [3.05, 3.63) is 75.3 Å². The van der Waals surface area contributed by atoms with E-state index in [1.807, 2.05) is 0 Å². The quantitative estimate of drug-likeness (QED) is 0.398. The first-order valence-corrected chi connectivity index (χ1v) is 10.2. The number of carbonyl (C=O) groups is 1. The van der Waals surface area contributed by atoms with E-state index in [1.165, 1.54) is 25.1 Å². The Morgan fingerprint density at radius 2 is 1.82 bits per heavy atom. The van der Waals surface area contributed by atoms with E-state index in [9.17, 15) is 32.3 Å². The Morgan fingerprint density at radius 3 is 2.47 bits per heavy atom. The van der Waals surface area contributed by atoms with Crippen molar-refractivity contribution in [3.63, 3.8) is 0 Å². The second kappa shape index (κ2) is 9.94. The van der Waals surface area contributed by atoms with Crippen molar-refractivity contribution in [1.29, 1.82) is 0 Å². The average molecular weight is 480 g/mol. The van der Waals surface area contributed by atoms with E-state index in [0.29, 0.717) is 4.68 Å². The van der Waals surface area contributed by atoms with Gasteiger partial charge in [-0.1, -0.05) is 18.2 Å². The molecule has 0 aliphatic heterocycles. The number of benzene rings is 2. The molecule has 7 nitrogen and oxygen atoms in total. The summed E-state index contributed by atoms with van der Waals surface area (Å²) in [6.45, 7) is 2.51. The molecule has 0 fully saturated rings. The fourth-order valence-electron chi connectivity index (χ4n) is 3.30. The van der Waals surface area contributed by atoms with Gasteiger partial charge in [-0.15, -0.1) is 0 Å². The number of hydrogen-bond donors (Lipinski definition) is 1. The first-order valence-electron chi connectivity index (χ1n) is 10.2. The number of alkyl halides is 3. The Morgan fingerprint density at radius 1 is 1.12 bits per heavy atom.